The van der Waals surface area contributed by atoms with Gasteiger partial charge in [-0.2, -0.15) is 0 Å². The minimum absolute atomic E-state index is 0.0372. The van der Waals surface area contributed by atoms with Crippen LogP contribution in [0.15, 0.2) is 24.3 Å². The van der Waals surface area contributed by atoms with E-state index in [1.54, 1.807) is 28.9 Å². The minimum Gasteiger partial charge on any atom is -0.482 e. The maximum Gasteiger partial charge on any atom is 0.265 e. The second-order valence-corrected chi connectivity index (χ2v) is 6.28. The van der Waals surface area contributed by atoms with Crippen molar-refractivity contribution in [2.75, 3.05) is 44.4 Å². The third-order valence-corrected chi connectivity index (χ3v) is 4.44. The molecule has 0 aromatic heterocycles. The Kier molecular flexibility index (Phi) is 5.72. The highest BCUT2D eigenvalue weighted by atomic mass is 16.5. The van der Waals surface area contributed by atoms with Gasteiger partial charge in [-0.05, 0) is 19.1 Å². The lowest BCUT2D eigenvalue weighted by Crippen LogP contribution is -2.51. The highest BCUT2D eigenvalue weighted by molar-refractivity contribution is 5.98. The molecule has 1 N–H and O–H groups in total. The molecule has 2 aliphatic rings. The van der Waals surface area contributed by atoms with E-state index >= 15 is 0 Å². The quantitative estimate of drug-likeness (QED) is 0.808. The molecule has 1 fully saturated rings. The number of hydrogen-bond acceptors (Lipinski definition) is 5. The summed E-state index contributed by atoms with van der Waals surface area (Å²) in [6, 6.07) is 6.62. The Hall–Kier alpha value is -2.61. The SMILES string of the molecule is C[C@@H](NC(=O)CCN1C(=O)COc2ccccc21)C(=O)N1CCOCC1. The van der Waals surface area contributed by atoms with Gasteiger partial charge < -0.3 is 24.6 Å². The number of carbonyl (C=O) groups excluding carboxylic acids is 3. The Balaban J connectivity index is 1.52. The molecule has 140 valence electrons. The zero-order valence-electron chi connectivity index (χ0n) is 14.8. The van der Waals surface area contributed by atoms with Gasteiger partial charge in [0.05, 0.1) is 18.9 Å². The summed E-state index contributed by atoms with van der Waals surface area (Å²) in [6.07, 6.45) is 0.112. The number of benzene rings is 1. The van der Waals surface area contributed by atoms with Gasteiger partial charge in [-0.1, -0.05) is 12.1 Å². The van der Waals surface area contributed by atoms with Gasteiger partial charge in [-0.15, -0.1) is 0 Å². The van der Waals surface area contributed by atoms with E-state index in [0.29, 0.717) is 37.7 Å². The number of para-hydroxylation sites is 2. The topological polar surface area (TPSA) is 88.2 Å². The average Bonchev–Trinajstić information content (AvgIpc) is 2.67. The van der Waals surface area contributed by atoms with Gasteiger partial charge in [0.15, 0.2) is 6.61 Å². The molecule has 1 aromatic carbocycles. The van der Waals surface area contributed by atoms with Crippen LogP contribution in [0, 0.1) is 0 Å². The lowest BCUT2D eigenvalue weighted by molar-refractivity contribution is -0.139. The summed E-state index contributed by atoms with van der Waals surface area (Å²) in [6.45, 7) is 3.99. The third-order valence-electron chi connectivity index (χ3n) is 4.44. The maximum absolute atomic E-state index is 12.3. The highest BCUT2D eigenvalue weighted by Crippen LogP contribution is 2.31. The summed E-state index contributed by atoms with van der Waals surface area (Å²) < 4.78 is 10.6. The average molecular weight is 361 g/mol. The smallest absolute Gasteiger partial charge is 0.265 e. The van der Waals surface area contributed by atoms with Crippen molar-refractivity contribution < 1.29 is 23.9 Å². The van der Waals surface area contributed by atoms with E-state index in [4.69, 9.17) is 9.47 Å². The third kappa shape index (κ3) is 4.13. The van der Waals surface area contributed by atoms with Gasteiger partial charge in [-0.25, -0.2) is 0 Å². The summed E-state index contributed by atoms with van der Waals surface area (Å²) >= 11 is 0. The number of fused-ring (bicyclic) bond motifs is 1. The second-order valence-electron chi connectivity index (χ2n) is 6.28. The van der Waals surface area contributed by atoms with Crippen molar-refractivity contribution in [1.82, 2.24) is 10.2 Å². The van der Waals surface area contributed by atoms with E-state index in [1.807, 2.05) is 12.1 Å². The first-order chi connectivity index (χ1) is 12.6. The number of rotatable bonds is 5. The second kappa shape index (κ2) is 8.18. The Morgan fingerprint density at radius 3 is 2.73 bits per heavy atom. The molecule has 0 radical (unpaired) electrons. The molecule has 8 nitrogen and oxygen atoms in total. The molecule has 3 rings (SSSR count). The van der Waals surface area contributed by atoms with Gasteiger partial charge in [0, 0.05) is 26.1 Å². The first kappa shape index (κ1) is 18.2. The summed E-state index contributed by atoms with van der Waals surface area (Å²) in [5.41, 5.74) is 0.661. The fraction of sp³-hybridized carbons (Fsp3) is 0.500. The van der Waals surface area contributed by atoms with Crippen LogP contribution in [0.25, 0.3) is 0 Å². The van der Waals surface area contributed by atoms with Crippen LogP contribution in [0.1, 0.15) is 13.3 Å². The number of morpholine rings is 1. The van der Waals surface area contributed by atoms with Crippen LogP contribution >= 0.6 is 0 Å². The number of ether oxygens (including phenoxy) is 2. The van der Waals surface area contributed by atoms with Crippen LogP contribution in [0.5, 0.6) is 5.75 Å². The van der Waals surface area contributed by atoms with Crippen LogP contribution in [-0.2, 0) is 19.1 Å². The van der Waals surface area contributed by atoms with Gasteiger partial charge in [0.1, 0.15) is 11.8 Å². The van der Waals surface area contributed by atoms with Gasteiger partial charge in [0.2, 0.25) is 11.8 Å². The summed E-state index contributed by atoms with van der Waals surface area (Å²) in [5, 5.41) is 2.72. The van der Waals surface area contributed by atoms with Crippen molar-refractivity contribution in [1.29, 1.82) is 0 Å². The predicted octanol–water partition coefficient (Wildman–Crippen LogP) is 0.166. The molecular formula is C18H23N3O5. The van der Waals surface area contributed by atoms with E-state index in [1.165, 1.54) is 0 Å². The summed E-state index contributed by atoms with van der Waals surface area (Å²) in [5.74, 6) is 0.0580. The molecule has 0 saturated carbocycles. The lowest BCUT2D eigenvalue weighted by Gasteiger charge is -2.30. The number of anilines is 1. The van der Waals surface area contributed by atoms with Crippen molar-refractivity contribution in [2.24, 2.45) is 0 Å². The number of nitrogens with zero attached hydrogens (tertiary/aromatic N) is 2. The summed E-state index contributed by atoms with van der Waals surface area (Å²) in [7, 11) is 0. The number of nitrogens with one attached hydrogen (secondary N) is 1. The molecule has 0 aliphatic carbocycles. The zero-order valence-corrected chi connectivity index (χ0v) is 14.8. The fourth-order valence-electron chi connectivity index (χ4n) is 3.05. The van der Waals surface area contributed by atoms with Crippen LogP contribution in [0.4, 0.5) is 5.69 Å². The molecule has 0 spiro atoms. The predicted molar refractivity (Wildman–Crippen MR) is 93.9 cm³/mol. The van der Waals surface area contributed by atoms with Crippen molar-refractivity contribution in [3.8, 4) is 5.75 Å². The monoisotopic (exact) mass is 361 g/mol. The van der Waals surface area contributed by atoms with E-state index in [2.05, 4.69) is 5.32 Å². The standard InChI is InChI=1S/C18H23N3O5/c1-13(18(24)20-8-10-25-11-9-20)19-16(22)6-7-21-14-4-2-3-5-15(14)26-12-17(21)23/h2-5,13H,6-12H2,1H3,(H,19,22)/t13-/m1/s1. The minimum atomic E-state index is -0.603. The molecule has 1 aromatic rings. The normalized spacial score (nSPS) is 18.0. The molecule has 0 unspecified atom stereocenters. The first-order valence-electron chi connectivity index (χ1n) is 8.74. The van der Waals surface area contributed by atoms with Gasteiger partial charge in [0.25, 0.3) is 5.91 Å². The molecule has 0 bridgehead atoms. The van der Waals surface area contributed by atoms with E-state index in [9.17, 15) is 14.4 Å². The molecule has 3 amide bonds. The van der Waals surface area contributed by atoms with Crippen LogP contribution < -0.4 is 15.0 Å². The number of hydrogen-bond donors (Lipinski definition) is 1. The van der Waals surface area contributed by atoms with Crippen molar-refractivity contribution in [3.63, 3.8) is 0 Å². The van der Waals surface area contributed by atoms with E-state index in [0.717, 1.165) is 0 Å². The molecule has 26 heavy (non-hydrogen) atoms. The molecule has 2 heterocycles. The van der Waals surface area contributed by atoms with E-state index < -0.39 is 6.04 Å². The first-order valence-corrected chi connectivity index (χ1v) is 8.74. The van der Waals surface area contributed by atoms with E-state index in [-0.39, 0.29) is 37.3 Å². The van der Waals surface area contributed by atoms with Crippen LogP contribution in [-0.4, -0.2) is 68.1 Å². The van der Waals surface area contributed by atoms with Crippen molar-refractivity contribution in [2.45, 2.75) is 19.4 Å². The van der Waals surface area contributed by atoms with Gasteiger partial charge >= 0.3 is 0 Å². The number of amides is 3. The number of carbonyl (C=O) groups is 3. The highest BCUT2D eigenvalue weighted by Gasteiger charge is 2.27. The van der Waals surface area contributed by atoms with Crippen LogP contribution in [0.2, 0.25) is 0 Å². The van der Waals surface area contributed by atoms with Crippen molar-refractivity contribution >= 4 is 23.4 Å². The molecule has 8 heteroatoms. The zero-order chi connectivity index (χ0) is 18.5. The Morgan fingerprint density at radius 2 is 1.96 bits per heavy atom. The van der Waals surface area contributed by atoms with Gasteiger partial charge in [-0.3, -0.25) is 14.4 Å². The molecule has 1 atom stereocenters. The lowest BCUT2D eigenvalue weighted by atomic mass is 10.2. The summed E-state index contributed by atoms with van der Waals surface area (Å²) in [4.78, 5) is 39.9. The Bertz CT molecular complexity index is 687. The maximum atomic E-state index is 12.3. The Morgan fingerprint density at radius 1 is 1.23 bits per heavy atom. The molecule has 2 aliphatic heterocycles. The Labute approximate surface area is 152 Å². The fourth-order valence-corrected chi connectivity index (χ4v) is 3.05. The molecular weight excluding hydrogens is 338 g/mol. The largest absolute Gasteiger partial charge is 0.482 e. The van der Waals surface area contributed by atoms with Crippen LogP contribution in [0.3, 0.4) is 0 Å². The molecule has 1 saturated heterocycles. The van der Waals surface area contributed by atoms with Crippen molar-refractivity contribution in [3.05, 3.63) is 24.3 Å².